The van der Waals surface area contributed by atoms with Gasteiger partial charge >= 0.3 is 0 Å². The van der Waals surface area contributed by atoms with Crippen molar-refractivity contribution in [2.75, 3.05) is 0 Å². The molecule has 0 bridgehead atoms. The van der Waals surface area contributed by atoms with Crippen LogP contribution in [0.3, 0.4) is 0 Å². The Hall–Kier alpha value is -0.590. The van der Waals surface area contributed by atoms with Crippen LogP contribution in [0.2, 0.25) is 0 Å². The van der Waals surface area contributed by atoms with Gasteiger partial charge in [0.05, 0.1) is 0 Å². The van der Waals surface area contributed by atoms with E-state index in [0.717, 1.165) is 6.42 Å². The van der Waals surface area contributed by atoms with Gasteiger partial charge in [0.15, 0.2) is 6.29 Å². The molecule has 99 valence electrons. The molecule has 0 aliphatic heterocycles. The Bertz CT molecular complexity index is 172. The highest BCUT2D eigenvalue weighted by Gasteiger charge is 1.92. The molecule has 0 aromatic carbocycles. The molecule has 0 aromatic rings. The summed E-state index contributed by atoms with van der Waals surface area (Å²) in [5.41, 5.74) is 0. The summed E-state index contributed by atoms with van der Waals surface area (Å²) in [4.78, 5) is 9.98. The lowest BCUT2D eigenvalue weighted by Gasteiger charge is -2.00. The van der Waals surface area contributed by atoms with Gasteiger partial charge < -0.3 is 0 Å². The molecule has 0 rings (SSSR count). The Morgan fingerprint density at radius 3 is 1.82 bits per heavy atom. The van der Waals surface area contributed by atoms with E-state index in [-0.39, 0.29) is 0 Å². The van der Waals surface area contributed by atoms with Crippen LogP contribution < -0.4 is 0 Å². The largest absolute Gasteiger partial charge is 0.291 e. The van der Waals surface area contributed by atoms with Crippen LogP contribution in [0.15, 0.2) is 12.2 Å². The number of hydrogen-bond donors (Lipinski definition) is 0. The molecule has 0 aliphatic rings. The van der Waals surface area contributed by atoms with Crippen molar-refractivity contribution in [2.45, 2.75) is 84.0 Å². The van der Waals surface area contributed by atoms with Crippen LogP contribution in [0.5, 0.6) is 0 Å². The van der Waals surface area contributed by atoms with Crippen LogP contribution in [-0.4, -0.2) is 6.29 Å². The summed E-state index contributed by atoms with van der Waals surface area (Å²) in [5, 5.41) is 0. The van der Waals surface area contributed by atoms with Gasteiger partial charge in [-0.2, -0.15) is 0 Å². The minimum atomic E-state index is 0.630. The number of rotatable bonds is 13. The average molecular weight is 237 g/mol. The lowest BCUT2D eigenvalue weighted by molar-refractivity contribution is 0.537. The van der Waals surface area contributed by atoms with Crippen LogP contribution in [0, 0.1) is 0 Å². The normalized spacial score (nSPS) is 11.1. The predicted octanol–water partition coefficient (Wildman–Crippen LogP) is 5.35. The first kappa shape index (κ1) is 16.4. The van der Waals surface area contributed by atoms with E-state index in [1.165, 1.54) is 64.2 Å². The Kier molecular flexibility index (Phi) is 14.9. The number of carbonyl (C=O) groups excluding carboxylic acids is 1. The standard InChI is InChI=1S/C16H29O/c1-2-3-4-5-6-7-8-9-10-11-12-13-14-15-16-17/h3-4H,2,5-15H2,1H3. The maximum absolute atomic E-state index is 9.98. The van der Waals surface area contributed by atoms with Gasteiger partial charge in [0.1, 0.15) is 0 Å². The van der Waals surface area contributed by atoms with Crippen LogP contribution in [0.1, 0.15) is 84.0 Å². The summed E-state index contributed by atoms with van der Waals surface area (Å²) in [6, 6.07) is 0. The maximum atomic E-state index is 9.98. The summed E-state index contributed by atoms with van der Waals surface area (Å²) in [6.45, 7) is 2.18. The molecule has 0 atom stereocenters. The third-order valence-electron chi connectivity index (χ3n) is 3.05. The van der Waals surface area contributed by atoms with Crippen molar-refractivity contribution in [3.8, 4) is 0 Å². The lowest BCUT2D eigenvalue weighted by Crippen LogP contribution is -1.82. The van der Waals surface area contributed by atoms with E-state index in [1.807, 2.05) is 6.29 Å². The molecule has 0 fully saturated rings. The van der Waals surface area contributed by atoms with E-state index in [2.05, 4.69) is 19.1 Å². The molecule has 1 radical (unpaired) electrons. The first-order valence-electron chi connectivity index (χ1n) is 7.41. The lowest BCUT2D eigenvalue weighted by atomic mass is 10.1. The minimum absolute atomic E-state index is 0.630. The zero-order chi connectivity index (χ0) is 12.6. The van der Waals surface area contributed by atoms with Crippen molar-refractivity contribution in [2.24, 2.45) is 0 Å². The van der Waals surface area contributed by atoms with Crippen molar-refractivity contribution < 1.29 is 4.79 Å². The van der Waals surface area contributed by atoms with Gasteiger partial charge in [0.2, 0.25) is 0 Å². The van der Waals surface area contributed by atoms with Gasteiger partial charge in [0.25, 0.3) is 0 Å². The Morgan fingerprint density at radius 1 is 0.765 bits per heavy atom. The minimum Gasteiger partial charge on any atom is -0.291 e. The van der Waals surface area contributed by atoms with Gasteiger partial charge in [-0.3, -0.25) is 4.79 Å². The van der Waals surface area contributed by atoms with Gasteiger partial charge in [-0.05, 0) is 25.7 Å². The second kappa shape index (κ2) is 15.4. The maximum Gasteiger partial charge on any atom is 0.198 e. The fourth-order valence-corrected chi connectivity index (χ4v) is 1.98. The predicted molar refractivity (Wildman–Crippen MR) is 75.9 cm³/mol. The first-order valence-corrected chi connectivity index (χ1v) is 7.41. The SMILES string of the molecule is CCC=CCCCCCCCCCCC[C]=O. The molecule has 17 heavy (non-hydrogen) atoms. The molecule has 0 saturated carbocycles. The van der Waals surface area contributed by atoms with E-state index in [4.69, 9.17) is 0 Å². The van der Waals surface area contributed by atoms with Crippen LogP contribution in [-0.2, 0) is 4.79 Å². The average Bonchev–Trinajstić information content (AvgIpc) is 2.35. The highest BCUT2D eigenvalue weighted by Crippen LogP contribution is 2.11. The molecular weight excluding hydrogens is 208 g/mol. The van der Waals surface area contributed by atoms with Crippen molar-refractivity contribution in [3.63, 3.8) is 0 Å². The van der Waals surface area contributed by atoms with Gasteiger partial charge in [0, 0.05) is 6.42 Å². The summed E-state index contributed by atoms with van der Waals surface area (Å²) in [7, 11) is 0. The summed E-state index contributed by atoms with van der Waals surface area (Å²) >= 11 is 0. The fourth-order valence-electron chi connectivity index (χ4n) is 1.98. The quantitative estimate of drug-likeness (QED) is 0.311. The zero-order valence-electron chi connectivity index (χ0n) is 11.5. The molecule has 0 saturated heterocycles. The Balaban J connectivity index is 2.93. The smallest absolute Gasteiger partial charge is 0.198 e. The highest BCUT2D eigenvalue weighted by atomic mass is 16.1. The fraction of sp³-hybridized carbons (Fsp3) is 0.812. The van der Waals surface area contributed by atoms with Gasteiger partial charge in [-0.1, -0.05) is 64.0 Å². The zero-order valence-corrected chi connectivity index (χ0v) is 11.5. The first-order chi connectivity index (χ1) is 8.41. The molecule has 0 aliphatic carbocycles. The van der Waals surface area contributed by atoms with E-state index in [1.54, 1.807) is 0 Å². The summed E-state index contributed by atoms with van der Waals surface area (Å²) in [5.74, 6) is 0. The summed E-state index contributed by atoms with van der Waals surface area (Å²) in [6.07, 6.45) is 21.3. The molecule has 0 amide bonds. The van der Waals surface area contributed by atoms with Gasteiger partial charge in [-0.25, -0.2) is 0 Å². The molecule has 1 heteroatoms. The Labute approximate surface area is 108 Å². The van der Waals surface area contributed by atoms with Crippen LogP contribution in [0.25, 0.3) is 0 Å². The highest BCUT2D eigenvalue weighted by molar-refractivity contribution is 5.50. The second-order valence-corrected chi connectivity index (χ2v) is 4.74. The Morgan fingerprint density at radius 2 is 1.29 bits per heavy atom. The number of allylic oxidation sites excluding steroid dienone is 2. The van der Waals surface area contributed by atoms with Gasteiger partial charge in [-0.15, -0.1) is 0 Å². The van der Waals surface area contributed by atoms with Crippen LogP contribution in [0.4, 0.5) is 0 Å². The third-order valence-corrected chi connectivity index (χ3v) is 3.05. The van der Waals surface area contributed by atoms with Crippen molar-refractivity contribution >= 4 is 6.29 Å². The van der Waals surface area contributed by atoms with Crippen molar-refractivity contribution in [3.05, 3.63) is 12.2 Å². The molecule has 0 aromatic heterocycles. The number of hydrogen-bond acceptors (Lipinski definition) is 1. The summed E-state index contributed by atoms with van der Waals surface area (Å²) < 4.78 is 0. The topological polar surface area (TPSA) is 17.1 Å². The van der Waals surface area contributed by atoms with E-state index in [0.29, 0.717) is 6.42 Å². The van der Waals surface area contributed by atoms with Crippen LogP contribution >= 0.6 is 0 Å². The van der Waals surface area contributed by atoms with E-state index < -0.39 is 0 Å². The molecule has 0 heterocycles. The molecule has 0 unspecified atom stereocenters. The van der Waals surface area contributed by atoms with Crippen molar-refractivity contribution in [1.82, 2.24) is 0 Å². The van der Waals surface area contributed by atoms with E-state index >= 15 is 0 Å². The molecular formula is C16H29O. The molecule has 0 spiro atoms. The second-order valence-electron chi connectivity index (χ2n) is 4.74. The number of unbranched alkanes of at least 4 members (excludes halogenated alkanes) is 10. The molecule has 1 nitrogen and oxygen atoms in total. The molecule has 0 N–H and O–H groups in total. The third kappa shape index (κ3) is 15.4. The van der Waals surface area contributed by atoms with E-state index in [9.17, 15) is 4.79 Å². The van der Waals surface area contributed by atoms with Crippen molar-refractivity contribution in [1.29, 1.82) is 0 Å². The monoisotopic (exact) mass is 237 g/mol.